The second-order valence-electron chi connectivity index (χ2n) is 5.11. The van der Waals surface area contributed by atoms with Crippen LogP contribution in [0.3, 0.4) is 0 Å². The standard InChI is InChI=1S/C13H18N4O2/c1-19-5-4-16-7-10-8-17(9-11(10)13(16)18)12-6-14-2-3-15-12/h2-3,6,10-11H,4-5,7-9H2,1H3/t10-,11+/m1/s1. The lowest BCUT2D eigenvalue weighted by atomic mass is 10.0. The Hall–Kier alpha value is -1.69. The van der Waals surface area contributed by atoms with Crippen LogP contribution in [0.4, 0.5) is 5.82 Å². The first-order chi connectivity index (χ1) is 9.29. The Labute approximate surface area is 112 Å². The number of aromatic nitrogens is 2. The van der Waals surface area contributed by atoms with E-state index in [0.29, 0.717) is 19.1 Å². The summed E-state index contributed by atoms with van der Waals surface area (Å²) in [6.07, 6.45) is 5.11. The predicted octanol–water partition coefficient (Wildman–Crippen LogP) is 0.0176. The van der Waals surface area contributed by atoms with Crippen LogP contribution < -0.4 is 4.90 Å². The zero-order valence-electron chi connectivity index (χ0n) is 11.0. The fourth-order valence-electron chi connectivity index (χ4n) is 2.99. The number of likely N-dealkylation sites (tertiary alicyclic amines) is 1. The maximum Gasteiger partial charge on any atom is 0.227 e. The van der Waals surface area contributed by atoms with E-state index < -0.39 is 0 Å². The highest BCUT2D eigenvalue weighted by Gasteiger charge is 2.46. The predicted molar refractivity (Wildman–Crippen MR) is 69.7 cm³/mol. The summed E-state index contributed by atoms with van der Waals surface area (Å²) in [6, 6.07) is 0. The number of hydrogen-bond donors (Lipinski definition) is 0. The molecule has 102 valence electrons. The van der Waals surface area contributed by atoms with Gasteiger partial charge in [-0.25, -0.2) is 4.98 Å². The van der Waals surface area contributed by atoms with E-state index >= 15 is 0 Å². The van der Waals surface area contributed by atoms with E-state index in [2.05, 4.69) is 14.9 Å². The number of fused-ring (bicyclic) bond motifs is 1. The smallest absolute Gasteiger partial charge is 0.227 e. The third kappa shape index (κ3) is 2.28. The topological polar surface area (TPSA) is 58.6 Å². The number of rotatable bonds is 4. The Morgan fingerprint density at radius 3 is 2.95 bits per heavy atom. The summed E-state index contributed by atoms with van der Waals surface area (Å²) >= 11 is 0. The minimum atomic E-state index is 0.110. The van der Waals surface area contributed by atoms with Crippen LogP contribution in [0.5, 0.6) is 0 Å². The molecule has 19 heavy (non-hydrogen) atoms. The van der Waals surface area contributed by atoms with Gasteiger partial charge in [-0.3, -0.25) is 9.78 Å². The molecule has 1 aromatic heterocycles. The molecule has 3 heterocycles. The van der Waals surface area contributed by atoms with Crippen LogP contribution in [-0.4, -0.2) is 60.7 Å². The summed E-state index contributed by atoms with van der Waals surface area (Å²) in [5.41, 5.74) is 0. The summed E-state index contributed by atoms with van der Waals surface area (Å²) in [6.45, 7) is 3.79. The highest BCUT2D eigenvalue weighted by molar-refractivity contribution is 5.83. The molecule has 2 saturated heterocycles. The zero-order chi connectivity index (χ0) is 13.2. The molecule has 6 nitrogen and oxygen atoms in total. The SMILES string of the molecule is COCCN1C[C@@H]2CN(c3cnccn3)C[C@@H]2C1=O. The molecule has 0 N–H and O–H groups in total. The van der Waals surface area contributed by atoms with Crippen molar-refractivity contribution in [2.75, 3.05) is 44.8 Å². The normalized spacial score (nSPS) is 26.1. The van der Waals surface area contributed by atoms with E-state index in [1.165, 1.54) is 0 Å². The van der Waals surface area contributed by atoms with Crippen molar-refractivity contribution in [3.63, 3.8) is 0 Å². The van der Waals surface area contributed by atoms with Crippen LogP contribution in [-0.2, 0) is 9.53 Å². The average molecular weight is 262 g/mol. The van der Waals surface area contributed by atoms with Gasteiger partial charge in [0.05, 0.1) is 18.7 Å². The number of methoxy groups -OCH3 is 1. The summed E-state index contributed by atoms with van der Waals surface area (Å²) in [4.78, 5) is 24.7. The minimum Gasteiger partial charge on any atom is -0.383 e. The first kappa shape index (κ1) is 12.3. The van der Waals surface area contributed by atoms with E-state index in [9.17, 15) is 4.79 Å². The molecule has 0 aliphatic carbocycles. The van der Waals surface area contributed by atoms with Crippen LogP contribution in [0.1, 0.15) is 0 Å². The fraction of sp³-hybridized carbons (Fsp3) is 0.615. The maximum atomic E-state index is 12.3. The molecule has 0 unspecified atom stereocenters. The minimum absolute atomic E-state index is 0.110. The number of nitrogens with zero attached hydrogens (tertiary/aromatic N) is 4. The number of anilines is 1. The van der Waals surface area contributed by atoms with E-state index in [4.69, 9.17) is 4.74 Å². The van der Waals surface area contributed by atoms with Crippen molar-refractivity contribution in [3.05, 3.63) is 18.6 Å². The molecule has 6 heteroatoms. The van der Waals surface area contributed by atoms with E-state index in [-0.39, 0.29) is 11.8 Å². The van der Waals surface area contributed by atoms with Gasteiger partial charge in [0.1, 0.15) is 5.82 Å². The van der Waals surface area contributed by atoms with Gasteiger partial charge in [0.25, 0.3) is 0 Å². The third-order valence-electron chi connectivity index (χ3n) is 3.96. The Balaban J connectivity index is 1.65. The molecule has 0 saturated carbocycles. The van der Waals surface area contributed by atoms with Crippen LogP contribution in [0.15, 0.2) is 18.6 Å². The van der Waals surface area contributed by atoms with Gasteiger partial charge in [-0.2, -0.15) is 0 Å². The molecular weight excluding hydrogens is 244 g/mol. The van der Waals surface area contributed by atoms with Crippen molar-refractivity contribution in [2.24, 2.45) is 11.8 Å². The first-order valence-electron chi connectivity index (χ1n) is 6.58. The van der Waals surface area contributed by atoms with Crippen LogP contribution in [0.2, 0.25) is 0 Å². The van der Waals surface area contributed by atoms with Crippen molar-refractivity contribution in [1.29, 1.82) is 0 Å². The van der Waals surface area contributed by atoms with Crippen molar-refractivity contribution in [1.82, 2.24) is 14.9 Å². The molecule has 2 aliphatic heterocycles. The van der Waals surface area contributed by atoms with Gasteiger partial charge in [0.15, 0.2) is 0 Å². The Kier molecular flexibility index (Phi) is 3.33. The van der Waals surface area contributed by atoms with Crippen LogP contribution in [0.25, 0.3) is 0 Å². The molecule has 0 radical (unpaired) electrons. The molecule has 0 spiro atoms. The molecule has 1 aromatic rings. The summed E-state index contributed by atoms with van der Waals surface area (Å²) in [5.74, 6) is 1.65. The summed E-state index contributed by atoms with van der Waals surface area (Å²) < 4.78 is 5.04. The van der Waals surface area contributed by atoms with Gasteiger partial charge < -0.3 is 14.5 Å². The molecule has 0 aromatic carbocycles. The molecule has 2 fully saturated rings. The fourth-order valence-corrected chi connectivity index (χ4v) is 2.99. The second kappa shape index (κ2) is 5.13. The van der Waals surface area contributed by atoms with Gasteiger partial charge in [-0.15, -0.1) is 0 Å². The highest BCUT2D eigenvalue weighted by atomic mass is 16.5. The van der Waals surface area contributed by atoms with Crippen LogP contribution in [0, 0.1) is 11.8 Å². The van der Waals surface area contributed by atoms with E-state index in [1.807, 2.05) is 4.90 Å². The largest absolute Gasteiger partial charge is 0.383 e. The number of ether oxygens (including phenoxy) is 1. The van der Waals surface area contributed by atoms with Crippen molar-refractivity contribution in [3.8, 4) is 0 Å². The van der Waals surface area contributed by atoms with Gasteiger partial charge in [-0.1, -0.05) is 0 Å². The lowest BCUT2D eigenvalue weighted by Gasteiger charge is -2.21. The van der Waals surface area contributed by atoms with Crippen molar-refractivity contribution >= 4 is 11.7 Å². The quantitative estimate of drug-likeness (QED) is 0.765. The maximum absolute atomic E-state index is 12.3. The molecule has 1 amide bonds. The molecule has 0 bridgehead atoms. The monoisotopic (exact) mass is 262 g/mol. The summed E-state index contributed by atoms with van der Waals surface area (Å²) in [5, 5.41) is 0. The Morgan fingerprint density at radius 2 is 2.26 bits per heavy atom. The van der Waals surface area contributed by atoms with Gasteiger partial charge in [0.2, 0.25) is 5.91 Å². The molecule has 2 atom stereocenters. The Morgan fingerprint density at radius 1 is 1.37 bits per heavy atom. The van der Waals surface area contributed by atoms with Crippen LogP contribution >= 0.6 is 0 Å². The van der Waals surface area contributed by atoms with Gasteiger partial charge >= 0.3 is 0 Å². The number of carbonyl (C=O) groups is 1. The van der Waals surface area contributed by atoms with E-state index in [0.717, 1.165) is 25.5 Å². The number of amides is 1. The lowest BCUT2D eigenvalue weighted by Crippen LogP contribution is -2.35. The second-order valence-corrected chi connectivity index (χ2v) is 5.11. The van der Waals surface area contributed by atoms with Crippen molar-refractivity contribution in [2.45, 2.75) is 0 Å². The first-order valence-corrected chi connectivity index (χ1v) is 6.58. The number of carbonyl (C=O) groups excluding carboxylic acids is 1. The molecular formula is C13H18N4O2. The molecule has 2 aliphatic rings. The molecule has 3 rings (SSSR count). The number of hydrogen-bond acceptors (Lipinski definition) is 5. The highest BCUT2D eigenvalue weighted by Crippen LogP contribution is 2.33. The van der Waals surface area contributed by atoms with Gasteiger partial charge in [0, 0.05) is 51.6 Å². The van der Waals surface area contributed by atoms with Crippen molar-refractivity contribution < 1.29 is 9.53 Å². The Bertz CT molecular complexity index is 453. The average Bonchev–Trinajstić information content (AvgIpc) is 2.98. The van der Waals surface area contributed by atoms with E-state index in [1.54, 1.807) is 25.7 Å². The summed E-state index contributed by atoms with van der Waals surface area (Å²) in [7, 11) is 1.66. The lowest BCUT2D eigenvalue weighted by molar-refractivity contribution is -0.131. The third-order valence-corrected chi connectivity index (χ3v) is 3.96. The zero-order valence-corrected chi connectivity index (χ0v) is 11.0. The van der Waals surface area contributed by atoms with Gasteiger partial charge in [-0.05, 0) is 0 Å².